The molecule has 0 saturated carbocycles. The predicted octanol–water partition coefficient (Wildman–Crippen LogP) is 2.25. The van der Waals surface area contributed by atoms with Crippen LogP contribution in [0.3, 0.4) is 0 Å². The van der Waals surface area contributed by atoms with Crippen LogP contribution >= 0.6 is 0 Å². The highest BCUT2D eigenvalue weighted by molar-refractivity contribution is 5.70. The summed E-state index contributed by atoms with van der Waals surface area (Å²) in [7, 11) is 1.33. The Morgan fingerprint density at radius 3 is 2.41 bits per heavy atom. The van der Waals surface area contributed by atoms with E-state index in [2.05, 4.69) is 10.1 Å². The second kappa shape index (κ2) is 10.9. The van der Waals surface area contributed by atoms with E-state index in [1.807, 2.05) is 24.3 Å². The Kier molecular flexibility index (Phi) is 8.25. The molecule has 2 aromatic rings. The molecule has 2 aromatic carbocycles. The lowest BCUT2D eigenvalue weighted by atomic mass is 10.1. The fourth-order valence-electron chi connectivity index (χ4n) is 2.29. The number of carbonyl (C=O) groups excluding carboxylic acids is 1. The van der Waals surface area contributed by atoms with Crippen molar-refractivity contribution in [2.45, 2.75) is 12.8 Å². The Morgan fingerprint density at radius 1 is 0.963 bits per heavy atom. The van der Waals surface area contributed by atoms with Gasteiger partial charge >= 0.3 is 5.97 Å². The van der Waals surface area contributed by atoms with Gasteiger partial charge in [-0.05, 0) is 55.8 Å². The van der Waals surface area contributed by atoms with E-state index in [0.717, 1.165) is 25.9 Å². The van der Waals surface area contributed by atoms with E-state index in [1.165, 1.54) is 24.8 Å². The molecule has 0 spiro atoms. The van der Waals surface area contributed by atoms with Crippen molar-refractivity contribution in [2.24, 2.45) is 0 Å². The molecule has 3 N–H and O–H groups in total. The van der Waals surface area contributed by atoms with E-state index < -0.39 is 5.97 Å². The molecule has 7 heteroatoms. The average molecular weight is 375 g/mol. The first-order chi connectivity index (χ1) is 13.1. The molecule has 27 heavy (non-hydrogen) atoms. The normalized spacial score (nSPS) is 10.4. The van der Waals surface area contributed by atoms with Crippen LogP contribution in [0.2, 0.25) is 0 Å². The number of carbonyl (C=O) groups is 1. The van der Waals surface area contributed by atoms with Gasteiger partial charge in [-0.1, -0.05) is 12.1 Å². The van der Waals surface area contributed by atoms with Crippen LogP contribution in [0.15, 0.2) is 42.5 Å². The molecule has 146 valence electrons. The summed E-state index contributed by atoms with van der Waals surface area (Å²) >= 11 is 0. The first kappa shape index (κ1) is 20.4. The van der Waals surface area contributed by atoms with Crippen molar-refractivity contribution in [2.75, 3.05) is 33.4 Å². The summed E-state index contributed by atoms with van der Waals surface area (Å²) in [5.41, 5.74) is 1.17. The molecule has 0 aliphatic rings. The Hall–Kier alpha value is -2.93. The van der Waals surface area contributed by atoms with Gasteiger partial charge in [0, 0.05) is 6.07 Å². The van der Waals surface area contributed by atoms with Gasteiger partial charge in [-0.2, -0.15) is 0 Å². The van der Waals surface area contributed by atoms with Crippen LogP contribution in [-0.4, -0.2) is 49.6 Å². The van der Waals surface area contributed by atoms with Crippen molar-refractivity contribution in [3.05, 3.63) is 48.0 Å². The lowest BCUT2D eigenvalue weighted by Crippen LogP contribution is -2.20. The van der Waals surface area contributed by atoms with E-state index in [-0.39, 0.29) is 18.1 Å². The zero-order chi connectivity index (χ0) is 19.5. The summed E-state index contributed by atoms with van der Waals surface area (Å²) in [6.07, 6.45) is 1.70. The zero-order valence-electron chi connectivity index (χ0n) is 15.3. The lowest BCUT2D eigenvalue weighted by molar-refractivity contribution is -0.142. The summed E-state index contributed by atoms with van der Waals surface area (Å²) in [4.78, 5) is 11.0. The second-order valence-electron chi connectivity index (χ2n) is 5.86. The molecule has 0 aliphatic carbocycles. The second-order valence-corrected chi connectivity index (χ2v) is 5.86. The fourth-order valence-corrected chi connectivity index (χ4v) is 2.29. The van der Waals surface area contributed by atoms with Crippen LogP contribution in [0.5, 0.6) is 23.0 Å². The highest BCUT2D eigenvalue weighted by Gasteiger charge is 2.02. The summed E-state index contributed by atoms with van der Waals surface area (Å²) in [6.45, 7) is 2.07. The molecule has 0 bridgehead atoms. The van der Waals surface area contributed by atoms with E-state index in [9.17, 15) is 15.0 Å². The van der Waals surface area contributed by atoms with Gasteiger partial charge in [0.1, 0.15) is 11.5 Å². The Balaban J connectivity index is 1.56. The Labute approximate surface area is 158 Å². The van der Waals surface area contributed by atoms with Crippen LogP contribution in [0, 0.1) is 0 Å². The monoisotopic (exact) mass is 375 g/mol. The average Bonchev–Trinajstić information content (AvgIpc) is 2.69. The minimum atomic E-state index is -0.408. The first-order valence-electron chi connectivity index (χ1n) is 8.72. The fraction of sp³-hybridized carbons (Fsp3) is 0.350. The maximum atomic E-state index is 11.0. The number of esters is 1. The molecule has 0 unspecified atom stereocenters. The van der Waals surface area contributed by atoms with Gasteiger partial charge in [0.2, 0.25) is 0 Å². The number of rotatable bonds is 11. The van der Waals surface area contributed by atoms with Gasteiger partial charge in [0.25, 0.3) is 0 Å². The standard InChI is InChI=1S/C20H25NO6/c1-25-20(24)14-27-16-5-3-15(4-6-16)9-11-21-10-2-12-26-17-7-8-18(22)19(23)13-17/h3-8,13,21-23H,2,9-12,14H2,1H3. The van der Waals surface area contributed by atoms with E-state index in [4.69, 9.17) is 9.47 Å². The lowest BCUT2D eigenvalue weighted by Gasteiger charge is -2.09. The predicted molar refractivity (Wildman–Crippen MR) is 100 cm³/mol. The summed E-state index contributed by atoms with van der Waals surface area (Å²) < 4.78 is 15.3. The van der Waals surface area contributed by atoms with Crippen LogP contribution in [0.1, 0.15) is 12.0 Å². The number of ether oxygens (including phenoxy) is 3. The topological polar surface area (TPSA) is 97.3 Å². The third kappa shape index (κ3) is 7.45. The Bertz CT molecular complexity index is 717. The van der Waals surface area contributed by atoms with Crippen molar-refractivity contribution in [3.8, 4) is 23.0 Å². The molecular formula is C20H25NO6. The van der Waals surface area contributed by atoms with Crippen LogP contribution in [-0.2, 0) is 16.0 Å². The van der Waals surface area contributed by atoms with Crippen molar-refractivity contribution in [1.29, 1.82) is 0 Å². The summed E-state index contributed by atoms with van der Waals surface area (Å²) in [5, 5.41) is 22.0. The molecule has 0 radical (unpaired) electrons. The third-order valence-corrected chi connectivity index (χ3v) is 3.81. The minimum Gasteiger partial charge on any atom is -0.504 e. The van der Waals surface area contributed by atoms with Gasteiger partial charge in [-0.25, -0.2) is 4.79 Å². The summed E-state index contributed by atoms with van der Waals surface area (Å²) in [5.74, 6) is 0.406. The molecule has 0 fully saturated rings. The van der Waals surface area contributed by atoms with Crippen LogP contribution in [0.4, 0.5) is 0 Å². The molecule has 0 aliphatic heterocycles. The van der Waals surface area contributed by atoms with Crippen molar-refractivity contribution in [1.82, 2.24) is 5.32 Å². The number of benzene rings is 2. The molecule has 0 aromatic heterocycles. The van der Waals surface area contributed by atoms with Crippen LogP contribution < -0.4 is 14.8 Å². The largest absolute Gasteiger partial charge is 0.504 e. The number of phenolic OH excluding ortho intramolecular Hbond substituents is 2. The molecule has 7 nitrogen and oxygen atoms in total. The number of aromatic hydroxyl groups is 2. The SMILES string of the molecule is COC(=O)COc1ccc(CCNCCCOc2ccc(O)c(O)c2)cc1. The summed E-state index contributed by atoms with van der Waals surface area (Å²) in [6, 6.07) is 12.0. The van der Waals surface area contributed by atoms with E-state index in [1.54, 1.807) is 6.07 Å². The number of methoxy groups -OCH3 is 1. The van der Waals surface area contributed by atoms with Crippen LogP contribution in [0.25, 0.3) is 0 Å². The van der Waals surface area contributed by atoms with Gasteiger partial charge < -0.3 is 29.7 Å². The highest BCUT2D eigenvalue weighted by Crippen LogP contribution is 2.28. The van der Waals surface area contributed by atoms with Gasteiger partial charge in [0.05, 0.1) is 13.7 Å². The van der Waals surface area contributed by atoms with Crippen molar-refractivity contribution < 1.29 is 29.2 Å². The zero-order valence-corrected chi connectivity index (χ0v) is 15.3. The number of hydrogen-bond acceptors (Lipinski definition) is 7. The maximum Gasteiger partial charge on any atom is 0.343 e. The quantitative estimate of drug-likeness (QED) is 0.315. The smallest absolute Gasteiger partial charge is 0.343 e. The molecule has 0 atom stereocenters. The molecule has 0 amide bonds. The maximum absolute atomic E-state index is 11.0. The van der Waals surface area contributed by atoms with Gasteiger partial charge in [-0.3, -0.25) is 0 Å². The number of nitrogens with one attached hydrogen (secondary N) is 1. The Morgan fingerprint density at radius 2 is 1.70 bits per heavy atom. The van der Waals surface area contributed by atoms with Crippen molar-refractivity contribution in [3.63, 3.8) is 0 Å². The number of hydrogen-bond donors (Lipinski definition) is 3. The highest BCUT2D eigenvalue weighted by atomic mass is 16.6. The third-order valence-electron chi connectivity index (χ3n) is 3.81. The molecule has 2 rings (SSSR count). The van der Waals surface area contributed by atoms with Crippen molar-refractivity contribution >= 4 is 5.97 Å². The van der Waals surface area contributed by atoms with Gasteiger partial charge in [0.15, 0.2) is 18.1 Å². The molecular weight excluding hydrogens is 350 g/mol. The van der Waals surface area contributed by atoms with E-state index in [0.29, 0.717) is 18.1 Å². The minimum absolute atomic E-state index is 0.0940. The number of phenols is 2. The first-order valence-corrected chi connectivity index (χ1v) is 8.72. The van der Waals surface area contributed by atoms with E-state index >= 15 is 0 Å². The molecule has 0 heterocycles. The molecule has 0 saturated heterocycles. The van der Waals surface area contributed by atoms with Gasteiger partial charge in [-0.15, -0.1) is 0 Å².